The molecule has 3 aromatic carbocycles. The van der Waals surface area contributed by atoms with Crippen LogP contribution < -0.4 is 16.2 Å². The molecule has 0 atom stereocenters. The Labute approximate surface area is 203 Å². The summed E-state index contributed by atoms with van der Waals surface area (Å²) in [6.07, 6.45) is 0.430. The second-order valence-electron chi connectivity index (χ2n) is 7.33. The predicted molar refractivity (Wildman–Crippen MR) is 132 cm³/mol. The first-order valence-corrected chi connectivity index (χ1v) is 10.8. The van der Waals surface area contributed by atoms with E-state index in [1.54, 1.807) is 54.6 Å². The van der Waals surface area contributed by atoms with Gasteiger partial charge in [-0.1, -0.05) is 41.4 Å². The number of ether oxygens (including phenoxy) is 1. The third-order valence-corrected chi connectivity index (χ3v) is 5.79. The fraction of sp³-hybridized carbons (Fsp3) is 0.0833. The first-order valence-electron chi connectivity index (χ1n) is 10.1. The molecule has 4 rings (SSSR count). The molecule has 0 saturated carbocycles. The molecular weight excluding hydrogens is 479 g/mol. The Bertz CT molecular complexity index is 1450. The number of methoxy groups -OCH3 is 1. The summed E-state index contributed by atoms with van der Waals surface area (Å²) < 4.78 is 4.71. The summed E-state index contributed by atoms with van der Waals surface area (Å²) in [6.45, 7) is 0. The molecule has 0 spiro atoms. The molecule has 172 valence electrons. The molecule has 34 heavy (non-hydrogen) atoms. The highest BCUT2D eigenvalue weighted by molar-refractivity contribution is 6.42. The van der Waals surface area contributed by atoms with E-state index >= 15 is 0 Å². The molecule has 0 saturated heterocycles. The van der Waals surface area contributed by atoms with Crippen LogP contribution in [0.15, 0.2) is 65.5 Å². The van der Waals surface area contributed by atoms with Crippen molar-refractivity contribution < 1.29 is 14.3 Å². The van der Waals surface area contributed by atoms with Gasteiger partial charge >= 0.3 is 12.0 Å². The molecule has 10 heteroatoms. The van der Waals surface area contributed by atoms with E-state index in [1.165, 1.54) is 13.2 Å². The van der Waals surface area contributed by atoms with Crippen LogP contribution in [0, 0.1) is 0 Å². The van der Waals surface area contributed by atoms with Gasteiger partial charge in [-0.25, -0.2) is 14.7 Å². The van der Waals surface area contributed by atoms with Crippen molar-refractivity contribution in [3.8, 4) is 0 Å². The number of benzene rings is 3. The van der Waals surface area contributed by atoms with Gasteiger partial charge in [0.05, 0.1) is 33.8 Å². The van der Waals surface area contributed by atoms with Gasteiger partial charge < -0.3 is 15.4 Å². The maximum Gasteiger partial charge on any atom is 0.337 e. The average Bonchev–Trinajstić information content (AvgIpc) is 2.83. The normalized spacial score (nSPS) is 10.7. The Morgan fingerprint density at radius 2 is 1.59 bits per heavy atom. The number of aromatic amines is 1. The van der Waals surface area contributed by atoms with Gasteiger partial charge in [0.1, 0.15) is 0 Å². The number of carbonyl (C=O) groups is 2. The summed E-state index contributed by atoms with van der Waals surface area (Å²) in [7, 11) is 1.33. The Kier molecular flexibility index (Phi) is 6.81. The molecule has 8 nitrogen and oxygen atoms in total. The van der Waals surface area contributed by atoms with Crippen LogP contribution >= 0.6 is 23.2 Å². The number of hydrogen-bond donors (Lipinski definition) is 3. The minimum Gasteiger partial charge on any atom is -0.465 e. The van der Waals surface area contributed by atoms with E-state index in [0.717, 1.165) is 5.56 Å². The highest BCUT2D eigenvalue weighted by Crippen LogP contribution is 2.25. The first-order chi connectivity index (χ1) is 16.3. The Balaban J connectivity index is 1.54. The van der Waals surface area contributed by atoms with E-state index in [9.17, 15) is 14.4 Å². The number of nitrogens with zero attached hydrogens (tertiary/aromatic N) is 1. The number of aromatic nitrogens is 2. The molecule has 0 aliphatic rings. The number of esters is 1. The smallest absolute Gasteiger partial charge is 0.337 e. The Hall–Kier alpha value is -3.88. The molecule has 3 N–H and O–H groups in total. The molecule has 0 unspecified atom stereocenters. The Morgan fingerprint density at radius 3 is 2.26 bits per heavy atom. The zero-order valence-electron chi connectivity index (χ0n) is 17.8. The summed E-state index contributed by atoms with van der Waals surface area (Å²) in [5.41, 5.74) is 2.50. The lowest BCUT2D eigenvalue weighted by molar-refractivity contribution is 0.0600. The van der Waals surface area contributed by atoms with Crippen LogP contribution in [0.1, 0.15) is 21.6 Å². The number of nitrogens with one attached hydrogen (secondary N) is 3. The van der Waals surface area contributed by atoms with Crippen molar-refractivity contribution in [3.63, 3.8) is 0 Å². The zero-order chi connectivity index (χ0) is 24.2. The van der Waals surface area contributed by atoms with Crippen molar-refractivity contribution in [1.29, 1.82) is 0 Å². The first kappa shape index (κ1) is 23.3. The number of rotatable bonds is 5. The van der Waals surface area contributed by atoms with Gasteiger partial charge in [-0.3, -0.25) is 4.79 Å². The van der Waals surface area contributed by atoms with Gasteiger partial charge in [0.15, 0.2) is 0 Å². The minimum absolute atomic E-state index is 0.316. The third-order valence-electron chi connectivity index (χ3n) is 5.05. The highest BCUT2D eigenvalue weighted by atomic mass is 35.5. The maximum absolute atomic E-state index is 12.4. The molecule has 1 aromatic heterocycles. The van der Waals surface area contributed by atoms with E-state index in [-0.39, 0.29) is 5.56 Å². The number of carbonyl (C=O) groups excluding carboxylic acids is 2. The van der Waals surface area contributed by atoms with Gasteiger partial charge in [-0.05, 0) is 48.0 Å². The van der Waals surface area contributed by atoms with Gasteiger partial charge in [-0.2, -0.15) is 5.10 Å². The van der Waals surface area contributed by atoms with E-state index in [4.69, 9.17) is 27.9 Å². The van der Waals surface area contributed by atoms with Crippen molar-refractivity contribution in [2.45, 2.75) is 6.42 Å². The molecular formula is C24H18Cl2N4O4. The van der Waals surface area contributed by atoms with Crippen LogP contribution in [0.2, 0.25) is 10.0 Å². The SMILES string of the molecule is COC(=O)c1ccc(Cc2n[nH]c(=O)c3cc(NC(=O)Nc4ccc(Cl)c(Cl)c4)ccc23)cc1. The lowest BCUT2D eigenvalue weighted by Crippen LogP contribution is -2.20. The van der Waals surface area contributed by atoms with Crippen molar-refractivity contribution in [3.05, 3.63) is 97.9 Å². The molecule has 1 heterocycles. The fourth-order valence-electron chi connectivity index (χ4n) is 3.37. The highest BCUT2D eigenvalue weighted by Gasteiger charge is 2.11. The van der Waals surface area contributed by atoms with Crippen molar-refractivity contribution in [2.75, 3.05) is 17.7 Å². The molecule has 0 radical (unpaired) electrons. The lowest BCUT2D eigenvalue weighted by atomic mass is 10.0. The van der Waals surface area contributed by atoms with Gasteiger partial charge in [0.25, 0.3) is 5.56 Å². The minimum atomic E-state index is -0.505. The monoisotopic (exact) mass is 496 g/mol. The van der Waals surface area contributed by atoms with Gasteiger partial charge in [0.2, 0.25) is 0 Å². The van der Waals surface area contributed by atoms with E-state index in [0.29, 0.717) is 49.9 Å². The summed E-state index contributed by atoms with van der Waals surface area (Å²) >= 11 is 11.9. The standard InChI is InChI=1S/C24H18Cl2N4O4/c1-34-23(32)14-4-2-13(3-5-14)10-21-17-8-6-15(11-18(17)22(31)30-29-21)27-24(33)28-16-7-9-19(25)20(26)12-16/h2-9,11-12H,10H2,1H3,(H,30,31)(H2,27,28,33). The topological polar surface area (TPSA) is 113 Å². The number of hydrogen-bond acceptors (Lipinski definition) is 5. The second kappa shape index (κ2) is 9.94. The van der Waals surface area contributed by atoms with Crippen molar-refractivity contribution in [1.82, 2.24) is 10.2 Å². The average molecular weight is 497 g/mol. The maximum atomic E-state index is 12.4. The quantitative estimate of drug-likeness (QED) is 0.326. The molecule has 4 aromatic rings. The number of H-pyrrole nitrogens is 1. The predicted octanol–water partition coefficient (Wildman–Crippen LogP) is 5.25. The summed E-state index contributed by atoms with van der Waals surface area (Å²) in [5, 5.41) is 13.8. The lowest BCUT2D eigenvalue weighted by Gasteiger charge is -2.10. The van der Waals surface area contributed by atoms with E-state index in [1.807, 2.05) is 0 Å². The van der Waals surface area contributed by atoms with Crippen molar-refractivity contribution in [2.24, 2.45) is 0 Å². The van der Waals surface area contributed by atoms with Gasteiger partial charge in [0, 0.05) is 23.2 Å². The number of urea groups is 1. The molecule has 0 aliphatic carbocycles. The number of fused-ring (bicyclic) bond motifs is 1. The van der Waals surface area contributed by atoms with Crippen molar-refractivity contribution >= 4 is 57.3 Å². The van der Waals surface area contributed by atoms with Crippen LogP contribution in [-0.4, -0.2) is 29.3 Å². The molecule has 0 fully saturated rings. The number of amides is 2. The van der Waals surface area contributed by atoms with Crippen LogP contribution in [-0.2, 0) is 11.2 Å². The molecule has 2 amide bonds. The number of anilines is 2. The van der Waals surface area contributed by atoms with Gasteiger partial charge in [-0.15, -0.1) is 0 Å². The summed E-state index contributed by atoms with van der Waals surface area (Å²) in [5.74, 6) is -0.414. The summed E-state index contributed by atoms with van der Waals surface area (Å²) in [6, 6.07) is 16.1. The van der Waals surface area contributed by atoms with E-state index in [2.05, 4.69) is 20.8 Å². The van der Waals surface area contributed by atoms with E-state index < -0.39 is 12.0 Å². The largest absolute Gasteiger partial charge is 0.465 e. The Morgan fingerprint density at radius 1 is 0.912 bits per heavy atom. The summed E-state index contributed by atoms with van der Waals surface area (Å²) in [4.78, 5) is 36.4. The number of halogens is 2. The van der Waals surface area contributed by atoms with Crippen LogP contribution in [0.25, 0.3) is 10.8 Å². The molecule has 0 aliphatic heterocycles. The second-order valence-corrected chi connectivity index (χ2v) is 8.15. The molecule has 0 bridgehead atoms. The van der Waals surface area contributed by atoms with Crippen LogP contribution in [0.3, 0.4) is 0 Å². The fourth-order valence-corrected chi connectivity index (χ4v) is 3.67. The van der Waals surface area contributed by atoms with Crippen LogP contribution in [0.5, 0.6) is 0 Å². The third kappa shape index (κ3) is 5.19. The van der Waals surface area contributed by atoms with Crippen LogP contribution in [0.4, 0.5) is 16.2 Å². The zero-order valence-corrected chi connectivity index (χ0v) is 19.3.